The molecule has 1 spiro atoms. The van der Waals surface area contributed by atoms with Gasteiger partial charge < -0.3 is 10.1 Å². The van der Waals surface area contributed by atoms with E-state index in [-0.39, 0.29) is 29.1 Å². The second-order valence-electron chi connectivity index (χ2n) is 6.40. The first-order chi connectivity index (χ1) is 11.9. The maximum Gasteiger partial charge on any atom is 0.262 e. The van der Waals surface area contributed by atoms with E-state index >= 15 is 4.39 Å². The van der Waals surface area contributed by atoms with Gasteiger partial charge in [-0.15, -0.1) is 0 Å². The Morgan fingerprint density at radius 2 is 2.16 bits per heavy atom. The van der Waals surface area contributed by atoms with Crippen molar-refractivity contribution in [2.24, 2.45) is 0 Å². The number of nitrogens with zero attached hydrogens (tertiary/aromatic N) is 1. The van der Waals surface area contributed by atoms with E-state index in [4.69, 9.17) is 16.3 Å². The number of nitrogens with one attached hydrogen (secondary N) is 1. The summed E-state index contributed by atoms with van der Waals surface area (Å²) < 4.78 is 34.9. The summed E-state index contributed by atoms with van der Waals surface area (Å²) >= 11 is 5.71. The lowest BCUT2D eigenvalue weighted by Gasteiger charge is -2.33. The number of alkyl halides is 1. The van der Waals surface area contributed by atoms with Crippen LogP contribution in [-0.4, -0.2) is 17.5 Å². The summed E-state index contributed by atoms with van der Waals surface area (Å²) in [6.07, 6.45) is 1.95. The molecule has 25 heavy (non-hydrogen) atoms. The number of epoxide rings is 1. The summed E-state index contributed by atoms with van der Waals surface area (Å²) in [6.45, 7) is 0.370. The van der Waals surface area contributed by atoms with Crippen molar-refractivity contribution in [2.75, 3.05) is 6.61 Å². The zero-order valence-corrected chi connectivity index (χ0v) is 13.9. The van der Waals surface area contributed by atoms with Crippen LogP contribution in [0.4, 0.5) is 8.78 Å². The Morgan fingerprint density at radius 1 is 1.36 bits per heavy atom. The lowest BCUT2D eigenvalue weighted by Crippen LogP contribution is -2.45. The highest BCUT2D eigenvalue weighted by atomic mass is 35.5. The number of ether oxygens (including phenoxy) is 1. The van der Waals surface area contributed by atoms with Crippen LogP contribution < -0.4 is 5.32 Å². The molecule has 2 aromatic rings. The van der Waals surface area contributed by atoms with E-state index in [0.29, 0.717) is 18.7 Å². The number of amides is 1. The molecule has 2 aliphatic rings. The molecule has 1 amide bonds. The van der Waals surface area contributed by atoms with E-state index in [1.165, 1.54) is 12.1 Å². The van der Waals surface area contributed by atoms with Crippen LogP contribution in [0.15, 0.2) is 36.5 Å². The highest BCUT2D eigenvalue weighted by Crippen LogP contribution is 2.53. The topological polar surface area (TPSA) is 54.5 Å². The number of carbonyl (C=O) groups is 1. The third-order valence-electron chi connectivity index (χ3n) is 4.85. The van der Waals surface area contributed by atoms with Gasteiger partial charge in [-0.05, 0) is 31.0 Å². The van der Waals surface area contributed by atoms with Gasteiger partial charge in [0.2, 0.25) is 5.67 Å². The summed E-state index contributed by atoms with van der Waals surface area (Å²) in [5.74, 6) is -1.34. The molecule has 1 aliphatic heterocycles. The molecule has 1 aliphatic carbocycles. The zero-order valence-electron chi connectivity index (χ0n) is 13.2. The van der Waals surface area contributed by atoms with E-state index in [0.717, 1.165) is 6.07 Å². The molecule has 0 bridgehead atoms. The molecular weight excluding hydrogens is 350 g/mol. The number of fused-ring (bicyclic) bond motifs is 2. The molecule has 4 rings (SSSR count). The second kappa shape index (κ2) is 5.75. The minimum atomic E-state index is -2.20. The van der Waals surface area contributed by atoms with Crippen LogP contribution in [0.25, 0.3) is 0 Å². The summed E-state index contributed by atoms with van der Waals surface area (Å²) in [4.78, 5) is 16.8. The van der Waals surface area contributed by atoms with Crippen molar-refractivity contribution in [1.29, 1.82) is 0 Å². The second-order valence-corrected chi connectivity index (χ2v) is 6.84. The Morgan fingerprint density at radius 3 is 2.88 bits per heavy atom. The van der Waals surface area contributed by atoms with Crippen molar-refractivity contribution in [2.45, 2.75) is 30.7 Å². The molecule has 1 N–H and O–H groups in total. The van der Waals surface area contributed by atoms with Crippen LogP contribution in [0, 0.1) is 5.82 Å². The standard InChI is InChI=1S/C18H15ClF2N2O2/c19-12-4-3-11(14(20)8-12)9-23-16(24)18(21)6-5-17(10-25-17)15-13(18)2-1-7-22-15/h1-4,7-8H,5-6,9-10H2,(H,23,24)/t17-,18-/m0/s1. The number of carbonyl (C=O) groups excluding carboxylic acids is 1. The maximum atomic E-state index is 15.6. The van der Waals surface area contributed by atoms with Crippen molar-refractivity contribution >= 4 is 17.5 Å². The zero-order chi connectivity index (χ0) is 17.7. The van der Waals surface area contributed by atoms with Gasteiger partial charge in [0.1, 0.15) is 11.4 Å². The Bertz CT molecular complexity index is 857. The molecule has 7 heteroatoms. The number of halogens is 3. The van der Waals surface area contributed by atoms with E-state index < -0.39 is 23.0 Å². The van der Waals surface area contributed by atoms with E-state index in [1.54, 1.807) is 18.3 Å². The third kappa shape index (κ3) is 2.69. The molecular formula is C18H15ClF2N2O2. The Labute approximate surface area is 148 Å². The fourth-order valence-electron chi connectivity index (χ4n) is 3.30. The van der Waals surface area contributed by atoms with Crippen LogP contribution >= 0.6 is 11.6 Å². The molecule has 1 aromatic carbocycles. The van der Waals surface area contributed by atoms with Crippen molar-refractivity contribution in [3.63, 3.8) is 0 Å². The Hall–Kier alpha value is -2.05. The van der Waals surface area contributed by atoms with Gasteiger partial charge >= 0.3 is 0 Å². The molecule has 2 atom stereocenters. The molecule has 130 valence electrons. The number of pyridine rings is 1. The Kier molecular flexibility index (Phi) is 3.77. The smallest absolute Gasteiger partial charge is 0.262 e. The monoisotopic (exact) mass is 364 g/mol. The van der Waals surface area contributed by atoms with Gasteiger partial charge in [0.15, 0.2) is 0 Å². The fraction of sp³-hybridized carbons (Fsp3) is 0.333. The minimum Gasteiger partial charge on any atom is -0.363 e. The van der Waals surface area contributed by atoms with Gasteiger partial charge in [-0.2, -0.15) is 0 Å². The van der Waals surface area contributed by atoms with Crippen LogP contribution in [0.1, 0.15) is 29.7 Å². The Balaban J connectivity index is 1.57. The first kappa shape index (κ1) is 16.4. The minimum absolute atomic E-state index is 0.000622. The lowest BCUT2D eigenvalue weighted by molar-refractivity contribution is -0.135. The molecule has 0 radical (unpaired) electrons. The number of hydrogen-bond acceptors (Lipinski definition) is 3. The van der Waals surface area contributed by atoms with Gasteiger partial charge in [-0.1, -0.05) is 23.7 Å². The predicted molar refractivity (Wildman–Crippen MR) is 87.1 cm³/mol. The van der Waals surface area contributed by atoms with Crippen LogP contribution in [-0.2, 0) is 27.3 Å². The van der Waals surface area contributed by atoms with Crippen molar-refractivity contribution in [1.82, 2.24) is 10.3 Å². The van der Waals surface area contributed by atoms with Gasteiger partial charge in [0, 0.05) is 28.9 Å². The number of benzene rings is 1. The summed E-state index contributed by atoms with van der Waals surface area (Å²) in [5.41, 5.74) is -1.80. The third-order valence-corrected chi connectivity index (χ3v) is 5.08. The van der Waals surface area contributed by atoms with E-state index in [2.05, 4.69) is 10.3 Å². The molecule has 1 saturated heterocycles. The summed E-state index contributed by atoms with van der Waals surface area (Å²) in [5, 5.41) is 2.75. The molecule has 1 fully saturated rings. The van der Waals surface area contributed by atoms with Crippen LogP contribution in [0.5, 0.6) is 0 Å². The first-order valence-electron chi connectivity index (χ1n) is 7.96. The van der Waals surface area contributed by atoms with Gasteiger partial charge in [-0.3, -0.25) is 9.78 Å². The first-order valence-corrected chi connectivity index (χ1v) is 8.33. The van der Waals surface area contributed by atoms with E-state index in [9.17, 15) is 9.18 Å². The van der Waals surface area contributed by atoms with E-state index in [1.807, 2.05) is 0 Å². The van der Waals surface area contributed by atoms with Gasteiger partial charge in [0.25, 0.3) is 5.91 Å². The van der Waals surface area contributed by atoms with Gasteiger partial charge in [-0.25, -0.2) is 8.78 Å². The summed E-state index contributed by atoms with van der Waals surface area (Å²) in [6, 6.07) is 7.30. The van der Waals surface area contributed by atoms with Crippen molar-refractivity contribution in [3.05, 3.63) is 64.2 Å². The number of hydrogen-bond donors (Lipinski definition) is 1. The van der Waals surface area contributed by atoms with Crippen molar-refractivity contribution < 1.29 is 18.3 Å². The average Bonchev–Trinajstić information content (AvgIpc) is 3.39. The normalized spacial score (nSPS) is 27.0. The predicted octanol–water partition coefficient (Wildman–Crippen LogP) is 3.37. The van der Waals surface area contributed by atoms with Crippen LogP contribution in [0.3, 0.4) is 0 Å². The summed E-state index contributed by atoms with van der Waals surface area (Å²) in [7, 11) is 0. The molecule has 2 heterocycles. The fourth-order valence-corrected chi connectivity index (χ4v) is 3.46. The molecule has 0 unspecified atom stereocenters. The van der Waals surface area contributed by atoms with Gasteiger partial charge in [0.05, 0.1) is 12.3 Å². The van der Waals surface area contributed by atoms with Crippen molar-refractivity contribution in [3.8, 4) is 0 Å². The molecule has 0 saturated carbocycles. The largest absolute Gasteiger partial charge is 0.363 e. The van der Waals surface area contributed by atoms with Crippen LogP contribution in [0.2, 0.25) is 5.02 Å². The number of aromatic nitrogens is 1. The lowest BCUT2D eigenvalue weighted by atomic mass is 9.77. The molecule has 4 nitrogen and oxygen atoms in total. The maximum absolute atomic E-state index is 15.6. The highest BCUT2D eigenvalue weighted by molar-refractivity contribution is 6.30. The number of rotatable bonds is 3. The quantitative estimate of drug-likeness (QED) is 0.849. The molecule has 1 aromatic heterocycles. The SMILES string of the molecule is O=C(NCc1ccc(Cl)cc1F)[C@]1(F)CC[C@]2(CO2)c2ncccc21. The highest BCUT2D eigenvalue weighted by Gasteiger charge is 2.58. The average molecular weight is 365 g/mol.